The second-order valence-corrected chi connectivity index (χ2v) is 6.27. The topological polar surface area (TPSA) is 94.9 Å². The lowest BCUT2D eigenvalue weighted by atomic mass is 10.2. The number of carboxylic acids is 1. The van der Waals surface area contributed by atoms with Crippen LogP contribution in [0.2, 0.25) is 0 Å². The number of nitrogens with zero attached hydrogens (tertiary/aromatic N) is 1. The number of unbranched alkanes of at least 4 members (excludes halogenated alkanes) is 1. The fraction of sp³-hybridized carbons (Fsp3) is 0.462. The molecule has 0 spiro atoms. The summed E-state index contributed by atoms with van der Waals surface area (Å²) in [7, 11) is -3.74. The summed E-state index contributed by atoms with van der Waals surface area (Å²) in [6.45, 7) is 4.39. The predicted octanol–water partition coefficient (Wildman–Crippen LogP) is 1.90. The van der Waals surface area contributed by atoms with Crippen LogP contribution in [0.25, 0.3) is 0 Å². The summed E-state index contributed by atoms with van der Waals surface area (Å²) in [6.07, 6.45) is 1.60. The summed E-state index contributed by atoms with van der Waals surface area (Å²) in [6, 6.07) is 3.29. The second kappa shape index (κ2) is 6.71. The molecule has 0 aliphatic rings. The van der Waals surface area contributed by atoms with Crippen LogP contribution in [0, 0.1) is 0 Å². The largest absolute Gasteiger partial charge is 0.507 e. The van der Waals surface area contributed by atoms with Crippen molar-refractivity contribution in [1.29, 1.82) is 0 Å². The van der Waals surface area contributed by atoms with Crippen molar-refractivity contribution in [3.63, 3.8) is 0 Å². The smallest absolute Gasteiger partial charge is 0.339 e. The maximum atomic E-state index is 12.4. The molecule has 6 nitrogen and oxygen atoms in total. The van der Waals surface area contributed by atoms with E-state index in [0.29, 0.717) is 13.1 Å². The Morgan fingerprint density at radius 3 is 2.45 bits per heavy atom. The molecule has 0 atom stereocenters. The van der Waals surface area contributed by atoms with Crippen LogP contribution in [0.1, 0.15) is 37.0 Å². The van der Waals surface area contributed by atoms with Gasteiger partial charge in [-0.2, -0.15) is 4.31 Å². The van der Waals surface area contributed by atoms with Gasteiger partial charge in [0.1, 0.15) is 11.3 Å². The molecular weight excluding hydrogens is 282 g/mol. The first-order chi connectivity index (χ1) is 9.34. The standard InChI is InChI=1S/C13H19NO5S/c1-3-5-8-14(4-2)20(18,19)10-6-7-12(15)11(9-10)13(16)17/h6-7,9,15H,3-5,8H2,1-2H3,(H,16,17). The third-order valence-electron chi connectivity index (χ3n) is 2.95. The van der Waals surface area contributed by atoms with E-state index in [1.165, 1.54) is 10.4 Å². The molecule has 7 heteroatoms. The quantitative estimate of drug-likeness (QED) is 0.802. The number of aromatic hydroxyl groups is 1. The van der Waals surface area contributed by atoms with Gasteiger partial charge >= 0.3 is 5.97 Å². The number of phenols is 1. The summed E-state index contributed by atoms with van der Waals surface area (Å²) >= 11 is 0. The second-order valence-electron chi connectivity index (χ2n) is 4.33. The van der Waals surface area contributed by atoms with Crippen molar-refractivity contribution in [1.82, 2.24) is 4.31 Å². The number of hydrogen-bond acceptors (Lipinski definition) is 4. The molecule has 0 bridgehead atoms. The molecule has 20 heavy (non-hydrogen) atoms. The fourth-order valence-corrected chi connectivity index (χ4v) is 3.29. The zero-order valence-corrected chi connectivity index (χ0v) is 12.4. The highest BCUT2D eigenvalue weighted by Crippen LogP contribution is 2.23. The van der Waals surface area contributed by atoms with Gasteiger partial charge in [-0.15, -0.1) is 0 Å². The van der Waals surface area contributed by atoms with Crippen LogP contribution in [0.3, 0.4) is 0 Å². The monoisotopic (exact) mass is 301 g/mol. The first-order valence-corrected chi connectivity index (χ1v) is 7.85. The van der Waals surface area contributed by atoms with Crippen LogP contribution in [0.5, 0.6) is 5.75 Å². The normalized spacial score (nSPS) is 11.8. The van der Waals surface area contributed by atoms with E-state index in [9.17, 15) is 18.3 Å². The summed E-state index contributed by atoms with van der Waals surface area (Å²) < 4.78 is 26.1. The minimum absolute atomic E-state index is 0.120. The first-order valence-electron chi connectivity index (χ1n) is 6.41. The molecule has 0 heterocycles. The molecule has 0 radical (unpaired) electrons. The van der Waals surface area contributed by atoms with Gasteiger partial charge in [-0.1, -0.05) is 20.3 Å². The molecule has 2 N–H and O–H groups in total. The van der Waals surface area contributed by atoms with Gasteiger partial charge < -0.3 is 10.2 Å². The highest BCUT2D eigenvalue weighted by atomic mass is 32.2. The third-order valence-corrected chi connectivity index (χ3v) is 4.92. The van der Waals surface area contributed by atoms with Crippen LogP contribution in [-0.4, -0.2) is 42.0 Å². The number of hydrogen-bond donors (Lipinski definition) is 2. The van der Waals surface area contributed by atoms with Crippen molar-refractivity contribution < 1.29 is 23.4 Å². The number of rotatable bonds is 7. The van der Waals surface area contributed by atoms with E-state index >= 15 is 0 Å². The van der Waals surface area contributed by atoms with Crippen molar-refractivity contribution in [2.24, 2.45) is 0 Å². The highest BCUT2D eigenvalue weighted by Gasteiger charge is 2.24. The zero-order valence-electron chi connectivity index (χ0n) is 11.5. The minimum atomic E-state index is -3.74. The van der Waals surface area contributed by atoms with Gasteiger partial charge in [0.05, 0.1) is 4.90 Å². The molecule has 0 saturated carbocycles. The average molecular weight is 301 g/mol. The SMILES string of the molecule is CCCCN(CC)S(=O)(=O)c1ccc(O)c(C(=O)O)c1. The Labute approximate surface area is 118 Å². The summed E-state index contributed by atoms with van der Waals surface area (Å²) in [5.41, 5.74) is -0.419. The molecule has 0 fully saturated rings. The van der Waals surface area contributed by atoms with Crippen LogP contribution in [-0.2, 0) is 10.0 Å². The first kappa shape index (κ1) is 16.5. The zero-order chi connectivity index (χ0) is 15.3. The minimum Gasteiger partial charge on any atom is -0.507 e. The Balaban J connectivity index is 3.20. The fourth-order valence-electron chi connectivity index (χ4n) is 1.78. The molecule has 0 aliphatic heterocycles. The number of carboxylic acid groups (broad SMARTS) is 1. The van der Waals surface area contributed by atoms with Crippen LogP contribution in [0.15, 0.2) is 23.1 Å². The number of aromatic carboxylic acids is 1. The Bertz CT molecular complexity index is 582. The van der Waals surface area contributed by atoms with E-state index in [1.807, 2.05) is 6.92 Å². The van der Waals surface area contributed by atoms with Crippen LogP contribution in [0.4, 0.5) is 0 Å². The average Bonchev–Trinajstić information content (AvgIpc) is 2.39. The maximum absolute atomic E-state index is 12.4. The molecule has 0 saturated heterocycles. The molecule has 0 aromatic heterocycles. The molecule has 1 aromatic carbocycles. The Morgan fingerprint density at radius 1 is 1.30 bits per heavy atom. The lowest BCUT2D eigenvalue weighted by Crippen LogP contribution is -2.32. The molecule has 1 aromatic rings. The van der Waals surface area contributed by atoms with Gasteiger partial charge in [0.2, 0.25) is 10.0 Å². The highest BCUT2D eigenvalue weighted by molar-refractivity contribution is 7.89. The van der Waals surface area contributed by atoms with E-state index in [0.717, 1.165) is 25.0 Å². The van der Waals surface area contributed by atoms with Crippen molar-refractivity contribution in [2.75, 3.05) is 13.1 Å². The van der Waals surface area contributed by atoms with Crippen molar-refractivity contribution in [3.8, 4) is 5.75 Å². The van der Waals surface area contributed by atoms with Gasteiger partial charge in [-0.05, 0) is 24.6 Å². The van der Waals surface area contributed by atoms with Crippen molar-refractivity contribution >= 4 is 16.0 Å². The molecule has 0 amide bonds. The van der Waals surface area contributed by atoms with E-state index in [1.54, 1.807) is 6.92 Å². The summed E-state index contributed by atoms with van der Waals surface area (Å²) in [5, 5.41) is 18.3. The number of benzene rings is 1. The van der Waals surface area contributed by atoms with E-state index in [4.69, 9.17) is 5.11 Å². The Kier molecular flexibility index (Phi) is 5.52. The Morgan fingerprint density at radius 2 is 1.95 bits per heavy atom. The Hall–Kier alpha value is -1.60. The van der Waals surface area contributed by atoms with Crippen LogP contribution >= 0.6 is 0 Å². The van der Waals surface area contributed by atoms with Crippen molar-refractivity contribution in [2.45, 2.75) is 31.6 Å². The van der Waals surface area contributed by atoms with Gasteiger partial charge in [-0.25, -0.2) is 13.2 Å². The van der Waals surface area contributed by atoms with E-state index < -0.39 is 27.3 Å². The molecular formula is C13H19NO5S. The lowest BCUT2D eigenvalue weighted by Gasteiger charge is -2.20. The molecule has 1 rings (SSSR count). The van der Waals surface area contributed by atoms with Crippen LogP contribution < -0.4 is 0 Å². The third kappa shape index (κ3) is 3.49. The molecule has 0 unspecified atom stereocenters. The number of carbonyl (C=O) groups is 1. The van der Waals surface area contributed by atoms with Gasteiger partial charge in [0, 0.05) is 13.1 Å². The molecule has 0 aliphatic carbocycles. The predicted molar refractivity (Wildman–Crippen MR) is 74.4 cm³/mol. The van der Waals surface area contributed by atoms with Gasteiger partial charge in [0.15, 0.2) is 0 Å². The summed E-state index contributed by atoms with van der Waals surface area (Å²) in [5.74, 6) is -1.82. The summed E-state index contributed by atoms with van der Waals surface area (Å²) in [4.78, 5) is 10.8. The maximum Gasteiger partial charge on any atom is 0.339 e. The number of sulfonamides is 1. The lowest BCUT2D eigenvalue weighted by molar-refractivity contribution is 0.0693. The van der Waals surface area contributed by atoms with Gasteiger partial charge in [0.25, 0.3) is 0 Å². The van der Waals surface area contributed by atoms with E-state index in [-0.39, 0.29) is 4.90 Å². The van der Waals surface area contributed by atoms with Crippen molar-refractivity contribution in [3.05, 3.63) is 23.8 Å². The van der Waals surface area contributed by atoms with E-state index in [2.05, 4.69) is 0 Å². The van der Waals surface area contributed by atoms with Gasteiger partial charge in [-0.3, -0.25) is 0 Å². The molecule has 112 valence electrons.